The van der Waals surface area contributed by atoms with Crippen molar-refractivity contribution in [1.82, 2.24) is 0 Å². The topological polar surface area (TPSA) is 55.8 Å². The van der Waals surface area contributed by atoms with Gasteiger partial charge in [-0.2, -0.15) is 0 Å². The maximum Gasteiger partial charge on any atom is 0.341 e. The Morgan fingerprint density at radius 1 is 1.50 bits per heavy atom. The highest BCUT2D eigenvalue weighted by Gasteiger charge is 2.11. The average Bonchev–Trinajstić information content (AvgIpc) is 2.17. The van der Waals surface area contributed by atoms with Crippen molar-refractivity contribution in [3.05, 3.63) is 23.8 Å². The standard InChI is InChI=1S/C10H12O4/c1-3-14-7-4-5-8(9(11)6-7)10(12)13-2/h4-6,11H,3H2,1-2H3. The van der Waals surface area contributed by atoms with E-state index in [2.05, 4.69) is 4.74 Å². The van der Waals surface area contributed by atoms with E-state index >= 15 is 0 Å². The van der Waals surface area contributed by atoms with Crippen molar-refractivity contribution in [2.75, 3.05) is 13.7 Å². The summed E-state index contributed by atoms with van der Waals surface area (Å²) in [5.41, 5.74) is 0.135. The van der Waals surface area contributed by atoms with Crippen LogP contribution in [0.4, 0.5) is 0 Å². The second-order valence-corrected chi connectivity index (χ2v) is 2.60. The van der Waals surface area contributed by atoms with Gasteiger partial charge in [0, 0.05) is 6.07 Å². The molecule has 1 aromatic rings. The molecule has 0 fully saturated rings. The van der Waals surface area contributed by atoms with E-state index < -0.39 is 5.97 Å². The van der Waals surface area contributed by atoms with Crippen molar-refractivity contribution in [3.8, 4) is 11.5 Å². The normalized spacial score (nSPS) is 9.57. The van der Waals surface area contributed by atoms with E-state index in [-0.39, 0.29) is 11.3 Å². The molecular weight excluding hydrogens is 184 g/mol. The molecule has 76 valence electrons. The van der Waals surface area contributed by atoms with Crippen LogP contribution in [0.5, 0.6) is 11.5 Å². The summed E-state index contributed by atoms with van der Waals surface area (Å²) in [5, 5.41) is 9.44. The van der Waals surface area contributed by atoms with Gasteiger partial charge in [-0.15, -0.1) is 0 Å². The Kier molecular flexibility index (Phi) is 3.34. The lowest BCUT2D eigenvalue weighted by Gasteiger charge is -2.06. The molecule has 0 aliphatic rings. The number of aromatic hydroxyl groups is 1. The summed E-state index contributed by atoms with van der Waals surface area (Å²) in [6.07, 6.45) is 0. The van der Waals surface area contributed by atoms with Crippen molar-refractivity contribution in [1.29, 1.82) is 0 Å². The Bertz CT molecular complexity index is 333. The van der Waals surface area contributed by atoms with E-state index in [1.165, 1.54) is 19.2 Å². The van der Waals surface area contributed by atoms with E-state index in [0.717, 1.165) is 0 Å². The minimum absolute atomic E-state index is 0.135. The van der Waals surface area contributed by atoms with Crippen LogP contribution in [-0.4, -0.2) is 24.8 Å². The average molecular weight is 196 g/mol. The molecule has 0 aromatic heterocycles. The molecule has 0 aliphatic heterocycles. The number of hydrogen-bond acceptors (Lipinski definition) is 4. The first-order valence-electron chi connectivity index (χ1n) is 4.23. The number of carbonyl (C=O) groups excluding carboxylic acids is 1. The third-order valence-electron chi connectivity index (χ3n) is 1.69. The molecule has 0 unspecified atom stereocenters. The molecule has 1 rings (SSSR count). The number of methoxy groups -OCH3 is 1. The number of esters is 1. The van der Waals surface area contributed by atoms with Gasteiger partial charge >= 0.3 is 5.97 Å². The Hall–Kier alpha value is -1.71. The molecular formula is C10H12O4. The van der Waals surface area contributed by atoms with E-state index in [0.29, 0.717) is 12.4 Å². The molecule has 4 nitrogen and oxygen atoms in total. The minimum Gasteiger partial charge on any atom is -0.507 e. The molecule has 0 aliphatic carbocycles. The Labute approximate surface area is 82.1 Å². The lowest BCUT2D eigenvalue weighted by Crippen LogP contribution is -2.01. The van der Waals surface area contributed by atoms with Gasteiger partial charge in [-0.05, 0) is 19.1 Å². The molecule has 0 saturated heterocycles. The summed E-state index contributed by atoms with van der Waals surface area (Å²) in [5.74, 6) is -0.175. The molecule has 0 heterocycles. The van der Waals surface area contributed by atoms with Gasteiger partial charge in [-0.1, -0.05) is 0 Å². The van der Waals surface area contributed by atoms with Crippen LogP contribution in [0.2, 0.25) is 0 Å². The molecule has 1 N–H and O–H groups in total. The molecule has 0 bridgehead atoms. The fourth-order valence-corrected chi connectivity index (χ4v) is 1.05. The highest BCUT2D eigenvalue weighted by Crippen LogP contribution is 2.23. The number of hydrogen-bond donors (Lipinski definition) is 1. The predicted molar refractivity (Wildman–Crippen MR) is 50.6 cm³/mol. The first-order valence-corrected chi connectivity index (χ1v) is 4.23. The molecule has 4 heteroatoms. The lowest BCUT2D eigenvalue weighted by atomic mass is 10.2. The Morgan fingerprint density at radius 2 is 2.21 bits per heavy atom. The summed E-state index contributed by atoms with van der Waals surface area (Å²) < 4.78 is 9.62. The Balaban J connectivity index is 2.95. The number of phenols is 1. The van der Waals surface area contributed by atoms with Gasteiger partial charge in [0.15, 0.2) is 0 Å². The fraction of sp³-hybridized carbons (Fsp3) is 0.300. The first-order chi connectivity index (χ1) is 6.69. The van der Waals surface area contributed by atoms with Crippen LogP contribution >= 0.6 is 0 Å². The number of phenolic OH excluding ortho intramolecular Hbond substituents is 1. The molecule has 0 atom stereocenters. The van der Waals surface area contributed by atoms with Crippen molar-refractivity contribution in [2.24, 2.45) is 0 Å². The van der Waals surface area contributed by atoms with Gasteiger partial charge in [0.05, 0.1) is 13.7 Å². The monoisotopic (exact) mass is 196 g/mol. The van der Waals surface area contributed by atoms with Crippen molar-refractivity contribution in [3.63, 3.8) is 0 Å². The number of ether oxygens (including phenoxy) is 2. The third kappa shape index (κ3) is 2.16. The fourth-order valence-electron chi connectivity index (χ4n) is 1.05. The summed E-state index contributed by atoms with van der Waals surface area (Å²) in [7, 11) is 1.26. The van der Waals surface area contributed by atoms with Crippen LogP contribution < -0.4 is 4.74 Å². The van der Waals surface area contributed by atoms with Gasteiger partial charge in [-0.25, -0.2) is 4.79 Å². The van der Waals surface area contributed by atoms with Crippen LogP contribution in [0, 0.1) is 0 Å². The van der Waals surface area contributed by atoms with Crippen molar-refractivity contribution in [2.45, 2.75) is 6.92 Å². The van der Waals surface area contributed by atoms with Crippen molar-refractivity contribution < 1.29 is 19.4 Å². The van der Waals surface area contributed by atoms with E-state index in [1.807, 2.05) is 6.92 Å². The zero-order valence-electron chi connectivity index (χ0n) is 8.11. The number of benzene rings is 1. The molecule has 0 amide bonds. The smallest absolute Gasteiger partial charge is 0.341 e. The first kappa shape index (κ1) is 10.4. The molecule has 0 saturated carbocycles. The van der Waals surface area contributed by atoms with Gasteiger partial charge in [0.2, 0.25) is 0 Å². The number of rotatable bonds is 3. The zero-order chi connectivity index (χ0) is 10.6. The molecule has 1 aromatic carbocycles. The third-order valence-corrected chi connectivity index (χ3v) is 1.69. The highest BCUT2D eigenvalue weighted by molar-refractivity contribution is 5.92. The van der Waals surface area contributed by atoms with Crippen LogP contribution in [0.3, 0.4) is 0 Å². The second kappa shape index (κ2) is 4.50. The largest absolute Gasteiger partial charge is 0.507 e. The maximum absolute atomic E-state index is 11.1. The van der Waals surface area contributed by atoms with Crippen LogP contribution in [-0.2, 0) is 4.74 Å². The minimum atomic E-state index is -0.564. The van der Waals surface area contributed by atoms with E-state index in [4.69, 9.17) is 4.74 Å². The predicted octanol–water partition coefficient (Wildman–Crippen LogP) is 1.58. The van der Waals surface area contributed by atoms with Gasteiger partial charge in [0.1, 0.15) is 17.1 Å². The SMILES string of the molecule is CCOc1ccc(C(=O)OC)c(O)c1. The highest BCUT2D eigenvalue weighted by atomic mass is 16.5. The summed E-state index contributed by atoms with van der Waals surface area (Å²) in [6.45, 7) is 2.35. The number of carbonyl (C=O) groups is 1. The van der Waals surface area contributed by atoms with Crippen molar-refractivity contribution >= 4 is 5.97 Å². The van der Waals surface area contributed by atoms with Gasteiger partial charge < -0.3 is 14.6 Å². The summed E-state index contributed by atoms with van der Waals surface area (Å²) >= 11 is 0. The molecule has 0 radical (unpaired) electrons. The Morgan fingerprint density at radius 3 is 2.71 bits per heavy atom. The molecule has 0 spiro atoms. The zero-order valence-corrected chi connectivity index (χ0v) is 8.11. The van der Waals surface area contributed by atoms with Crippen LogP contribution in [0.15, 0.2) is 18.2 Å². The van der Waals surface area contributed by atoms with E-state index in [9.17, 15) is 9.90 Å². The molecule has 14 heavy (non-hydrogen) atoms. The van der Waals surface area contributed by atoms with Crippen LogP contribution in [0.25, 0.3) is 0 Å². The maximum atomic E-state index is 11.1. The summed E-state index contributed by atoms with van der Waals surface area (Å²) in [6, 6.07) is 4.46. The second-order valence-electron chi connectivity index (χ2n) is 2.60. The van der Waals surface area contributed by atoms with E-state index in [1.54, 1.807) is 6.07 Å². The van der Waals surface area contributed by atoms with Crippen LogP contribution in [0.1, 0.15) is 17.3 Å². The lowest BCUT2D eigenvalue weighted by molar-refractivity contribution is 0.0597. The van der Waals surface area contributed by atoms with Gasteiger partial charge in [-0.3, -0.25) is 0 Å². The summed E-state index contributed by atoms with van der Waals surface area (Å²) in [4.78, 5) is 11.1. The van der Waals surface area contributed by atoms with Gasteiger partial charge in [0.25, 0.3) is 0 Å². The quantitative estimate of drug-likeness (QED) is 0.745.